The van der Waals surface area contributed by atoms with E-state index in [4.69, 9.17) is 22.4 Å². The summed E-state index contributed by atoms with van der Waals surface area (Å²) in [6.45, 7) is 0. The highest BCUT2D eigenvalue weighted by atomic mass is 35.5. The van der Waals surface area contributed by atoms with Crippen LogP contribution >= 0.6 is 24.0 Å². The van der Waals surface area contributed by atoms with Crippen LogP contribution in [-0.2, 0) is 11.2 Å². The third-order valence-corrected chi connectivity index (χ3v) is 2.06. The van der Waals surface area contributed by atoms with Crippen molar-refractivity contribution in [3.63, 3.8) is 0 Å². The maximum Gasteiger partial charge on any atom is 0.304 e. The maximum atomic E-state index is 10.4. The van der Waals surface area contributed by atoms with Gasteiger partial charge < -0.3 is 10.8 Å². The van der Waals surface area contributed by atoms with Gasteiger partial charge in [0.05, 0.1) is 6.42 Å². The lowest BCUT2D eigenvalue weighted by atomic mass is 10.0. The number of carboxylic acids is 1. The van der Waals surface area contributed by atoms with Crippen molar-refractivity contribution >= 4 is 30.0 Å². The fourth-order valence-corrected chi connectivity index (χ4v) is 1.48. The average molecular weight is 250 g/mol. The van der Waals surface area contributed by atoms with Gasteiger partial charge in [-0.25, -0.2) is 0 Å². The summed E-state index contributed by atoms with van der Waals surface area (Å²) in [7, 11) is 0. The van der Waals surface area contributed by atoms with Crippen molar-refractivity contribution < 1.29 is 9.90 Å². The first-order valence-corrected chi connectivity index (χ1v) is 4.67. The van der Waals surface area contributed by atoms with E-state index in [0.717, 1.165) is 5.56 Å². The third-order valence-electron chi connectivity index (χ3n) is 1.82. The molecule has 1 unspecified atom stereocenters. The molecule has 0 aliphatic rings. The lowest BCUT2D eigenvalue weighted by Crippen LogP contribution is -2.26. The Morgan fingerprint density at radius 1 is 1.53 bits per heavy atom. The van der Waals surface area contributed by atoms with Gasteiger partial charge in [0, 0.05) is 11.1 Å². The SMILES string of the molecule is Cl.NC(CC(=O)O)Cc1cccc(Cl)c1. The van der Waals surface area contributed by atoms with E-state index in [9.17, 15) is 4.79 Å². The summed E-state index contributed by atoms with van der Waals surface area (Å²) in [6, 6.07) is 6.92. The first kappa shape index (κ1) is 14.2. The molecule has 1 atom stereocenters. The van der Waals surface area contributed by atoms with Crippen LogP contribution in [0.25, 0.3) is 0 Å². The van der Waals surface area contributed by atoms with Gasteiger partial charge in [-0.15, -0.1) is 12.4 Å². The first-order chi connectivity index (χ1) is 6.58. The normalized spacial score (nSPS) is 11.6. The first-order valence-electron chi connectivity index (χ1n) is 4.30. The van der Waals surface area contributed by atoms with Gasteiger partial charge in [0.1, 0.15) is 0 Å². The molecule has 5 heteroatoms. The quantitative estimate of drug-likeness (QED) is 0.860. The predicted molar refractivity (Wildman–Crippen MR) is 62.6 cm³/mol. The van der Waals surface area contributed by atoms with Gasteiger partial charge in [0.2, 0.25) is 0 Å². The van der Waals surface area contributed by atoms with E-state index in [1.807, 2.05) is 12.1 Å². The number of aliphatic carboxylic acids is 1. The number of hydrogen-bond donors (Lipinski definition) is 2. The summed E-state index contributed by atoms with van der Waals surface area (Å²) >= 11 is 5.78. The summed E-state index contributed by atoms with van der Waals surface area (Å²) in [5.41, 5.74) is 6.60. The molecule has 0 amide bonds. The predicted octanol–water partition coefficient (Wildman–Crippen LogP) is 2.11. The minimum atomic E-state index is -0.875. The number of benzene rings is 1. The minimum Gasteiger partial charge on any atom is -0.481 e. The van der Waals surface area contributed by atoms with Crippen LogP contribution in [0, 0.1) is 0 Å². The molecule has 84 valence electrons. The zero-order valence-corrected chi connectivity index (χ0v) is 9.59. The molecule has 0 fully saturated rings. The number of carboxylic acid groups (broad SMARTS) is 1. The van der Waals surface area contributed by atoms with Crippen molar-refractivity contribution in [3.05, 3.63) is 34.9 Å². The Morgan fingerprint density at radius 2 is 2.20 bits per heavy atom. The number of carbonyl (C=O) groups is 1. The van der Waals surface area contributed by atoms with Gasteiger partial charge in [-0.2, -0.15) is 0 Å². The van der Waals surface area contributed by atoms with Crippen LogP contribution in [0.4, 0.5) is 0 Å². The van der Waals surface area contributed by atoms with E-state index in [2.05, 4.69) is 0 Å². The summed E-state index contributed by atoms with van der Waals surface area (Å²) in [5, 5.41) is 9.15. The van der Waals surface area contributed by atoms with Gasteiger partial charge in [0.15, 0.2) is 0 Å². The largest absolute Gasteiger partial charge is 0.481 e. The molecule has 0 saturated heterocycles. The lowest BCUT2D eigenvalue weighted by molar-refractivity contribution is -0.137. The second-order valence-corrected chi connectivity index (χ2v) is 3.63. The Bertz CT molecular complexity index is 331. The summed E-state index contributed by atoms with van der Waals surface area (Å²) in [6.07, 6.45) is 0.513. The van der Waals surface area contributed by atoms with Crippen LogP contribution in [0.15, 0.2) is 24.3 Å². The molecule has 3 N–H and O–H groups in total. The highest BCUT2D eigenvalue weighted by Crippen LogP contribution is 2.12. The van der Waals surface area contributed by atoms with Gasteiger partial charge in [-0.3, -0.25) is 4.79 Å². The number of nitrogens with two attached hydrogens (primary N) is 1. The second-order valence-electron chi connectivity index (χ2n) is 3.19. The molecule has 1 aromatic carbocycles. The maximum absolute atomic E-state index is 10.4. The molecule has 0 aliphatic carbocycles. The smallest absolute Gasteiger partial charge is 0.304 e. The van der Waals surface area contributed by atoms with Crippen LogP contribution in [-0.4, -0.2) is 17.1 Å². The van der Waals surface area contributed by atoms with Crippen molar-refractivity contribution in [2.45, 2.75) is 18.9 Å². The highest BCUT2D eigenvalue weighted by molar-refractivity contribution is 6.30. The zero-order valence-electron chi connectivity index (χ0n) is 8.02. The van der Waals surface area contributed by atoms with E-state index in [1.165, 1.54) is 0 Å². The molecule has 0 spiro atoms. The summed E-state index contributed by atoms with van der Waals surface area (Å²) in [4.78, 5) is 10.4. The van der Waals surface area contributed by atoms with E-state index in [-0.39, 0.29) is 24.9 Å². The van der Waals surface area contributed by atoms with Crippen molar-refractivity contribution in [1.29, 1.82) is 0 Å². The lowest BCUT2D eigenvalue weighted by Gasteiger charge is -2.08. The number of hydrogen-bond acceptors (Lipinski definition) is 2. The Labute approximate surface area is 99.6 Å². The topological polar surface area (TPSA) is 63.3 Å². The van der Waals surface area contributed by atoms with Crippen molar-refractivity contribution in [2.75, 3.05) is 0 Å². The third kappa shape index (κ3) is 5.62. The zero-order chi connectivity index (χ0) is 10.6. The van der Waals surface area contributed by atoms with Gasteiger partial charge in [-0.1, -0.05) is 23.7 Å². The van der Waals surface area contributed by atoms with E-state index >= 15 is 0 Å². The van der Waals surface area contributed by atoms with Crippen molar-refractivity contribution in [3.8, 4) is 0 Å². The molecule has 0 radical (unpaired) electrons. The van der Waals surface area contributed by atoms with Gasteiger partial charge in [0.25, 0.3) is 0 Å². The van der Waals surface area contributed by atoms with E-state index in [1.54, 1.807) is 12.1 Å². The molecular weight excluding hydrogens is 237 g/mol. The Kier molecular flexibility index (Phi) is 6.32. The molecule has 1 rings (SSSR count). The summed E-state index contributed by atoms with van der Waals surface area (Å²) in [5.74, 6) is -0.875. The van der Waals surface area contributed by atoms with E-state index < -0.39 is 5.97 Å². The molecule has 0 heterocycles. The van der Waals surface area contributed by atoms with Crippen LogP contribution in [0.2, 0.25) is 5.02 Å². The van der Waals surface area contributed by atoms with Crippen LogP contribution < -0.4 is 5.73 Å². The monoisotopic (exact) mass is 249 g/mol. The molecule has 0 bridgehead atoms. The fourth-order valence-electron chi connectivity index (χ4n) is 1.26. The molecule has 3 nitrogen and oxygen atoms in total. The van der Waals surface area contributed by atoms with Crippen LogP contribution in [0.3, 0.4) is 0 Å². The van der Waals surface area contributed by atoms with Crippen molar-refractivity contribution in [2.24, 2.45) is 5.73 Å². The van der Waals surface area contributed by atoms with E-state index in [0.29, 0.717) is 11.4 Å². The fraction of sp³-hybridized carbons (Fsp3) is 0.300. The Balaban J connectivity index is 0.00000196. The molecule has 0 aromatic heterocycles. The molecule has 0 aliphatic heterocycles. The second kappa shape index (κ2) is 6.67. The Hall–Kier alpha value is -0.770. The van der Waals surface area contributed by atoms with Crippen LogP contribution in [0.5, 0.6) is 0 Å². The highest BCUT2D eigenvalue weighted by Gasteiger charge is 2.08. The van der Waals surface area contributed by atoms with Crippen LogP contribution in [0.1, 0.15) is 12.0 Å². The molecule has 1 aromatic rings. The van der Waals surface area contributed by atoms with Crippen molar-refractivity contribution in [1.82, 2.24) is 0 Å². The Morgan fingerprint density at radius 3 is 2.73 bits per heavy atom. The molecule has 15 heavy (non-hydrogen) atoms. The summed E-state index contributed by atoms with van der Waals surface area (Å²) < 4.78 is 0. The van der Waals surface area contributed by atoms with Gasteiger partial charge in [-0.05, 0) is 24.1 Å². The standard InChI is InChI=1S/C10H12ClNO2.ClH/c11-8-3-1-2-7(4-8)5-9(12)6-10(13)14;/h1-4,9H,5-6,12H2,(H,13,14);1H. The number of halogens is 2. The average Bonchev–Trinajstić information content (AvgIpc) is 2.01. The minimum absolute atomic E-state index is 0. The molecule has 0 saturated carbocycles. The molecular formula is C10H13Cl2NO2. The van der Waals surface area contributed by atoms with Gasteiger partial charge >= 0.3 is 5.97 Å². The number of rotatable bonds is 4.